The lowest BCUT2D eigenvalue weighted by atomic mass is 10.2. The van der Waals surface area contributed by atoms with Gasteiger partial charge in [0.2, 0.25) is 0 Å². The first-order valence-electron chi connectivity index (χ1n) is 6.21. The highest BCUT2D eigenvalue weighted by molar-refractivity contribution is 7.98. The van der Waals surface area contributed by atoms with Crippen molar-refractivity contribution in [3.63, 3.8) is 0 Å². The van der Waals surface area contributed by atoms with Crippen LogP contribution in [-0.2, 0) is 19.8 Å². The zero-order chi connectivity index (χ0) is 14.1. The monoisotopic (exact) mass is 286 g/mol. The Morgan fingerprint density at radius 1 is 1.20 bits per heavy atom. The van der Waals surface area contributed by atoms with Crippen LogP contribution in [0.5, 0.6) is 0 Å². The Morgan fingerprint density at radius 3 is 2.70 bits per heavy atom. The van der Waals surface area contributed by atoms with Crippen LogP contribution in [0.1, 0.15) is 5.56 Å². The Hall–Kier alpha value is -2.08. The number of nitrogens with zero attached hydrogens (tertiary/aromatic N) is 4. The first-order chi connectivity index (χ1) is 9.66. The van der Waals surface area contributed by atoms with Crippen LogP contribution in [0.3, 0.4) is 0 Å². The highest BCUT2D eigenvalue weighted by Crippen LogP contribution is 2.25. The third-order valence-electron chi connectivity index (χ3n) is 3.13. The van der Waals surface area contributed by atoms with Gasteiger partial charge in [-0.25, -0.2) is 9.78 Å². The Morgan fingerprint density at radius 2 is 1.95 bits per heavy atom. The first-order valence-corrected chi connectivity index (χ1v) is 7.20. The van der Waals surface area contributed by atoms with Gasteiger partial charge in [-0.15, -0.1) is 0 Å². The molecule has 0 aliphatic rings. The van der Waals surface area contributed by atoms with Gasteiger partial charge in [-0.2, -0.15) is 4.98 Å². The Labute approximate surface area is 120 Å². The summed E-state index contributed by atoms with van der Waals surface area (Å²) in [5.74, 6) is 0.771. The molecule has 0 bridgehead atoms. The zero-order valence-electron chi connectivity index (χ0n) is 11.3. The zero-order valence-corrected chi connectivity index (χ0v) is 12.1. The molecule has 3 aromatic rings. The third kappa shape index (κ3) is 2.22. The van der Waals surface area contributed by atoms with Crippen molar-refractivity contribution < 1.29 is 0 Å². The van der Waals surface area contributed by atoms with E-state index >= 15 is 0 Å². The molecule has 0 amide bonds. The standard InChI is InChI=1S/C14H14N4OS/c1-17-9-15-11-12(16-14(19)18(2)13(11)17)20-8-10-6-4-3-5-7-10/h3-7,9H,8H2,1-2H3. The van der Waals surface area contributed by atoms with Crippen LogP contribution >= 0.6 is 11.8 Å². The molecule has 20 heavy (non-hydrogen) atoms. The highest BCUT2D eigenvalue weighted by atomic mass is 32.2. The van der Waals surface area contributed by atoms with Crippen LogP contribution in [-0.4, -0.2) is 19.1 Å². The van der Waals surface area contributed by atoms with Crippen molar-refractivity contribution in [1.82, 2.24) is 19.1 Å². The largest absolute Gasteiger partial charge is 0.350 e. The van der Waals surface area contributed by atoms with E-state index in [-0.39, 0.29) is 5.69 Å². The van der Waals surface area contributed by atoms with Crippen LogP contribution in [0.4, 0.5) is 0 Å². The molecule has 0 unspecified atom stereocenters. The summed E-state index contributed by atoms with van der Waals surface area (Å²) in [6.45, 7) is 0. The van der Waals surface area contributed by atoms with Crippen molar-refractivity contribution in [3.8, 4) is 0 Å². The minimum atomic E-state index is -0.253. The van der Waals surface area contributed by atoms with Crippen molar-refractivity contribution in [3.05, 3.63) is 52.7 Å². The Balaban J connectivity index is 2.00. The van der Waals surface area contributed by atoms with E-state index in [9.17, 15) is 4.79 Å². The summed E-state index contributed by atoms with van der Waals surface area (Å²) in [5.41, 5.74) is 2.51. The molecule has 0 aliphatic heterocycles. The van der Waals surface area contributed by atoms with E-state index in [2.05, 4.69) is 22.1 Å². The van der Waals surface area contributed by atoms with Crippen molar-refractivity contribution in [2.75, 3.05) is 0 Å². The van der Waals surface area contributed by atoms with Crippen LogP contribution < -0.4 is 5.69 Å². The van der Waals surface area contributed by atoms with E-state index in [0.717, 1.165) is 16.9 Å². The van der Waals surface area contributed by atoms with E-state index in [0.29, 0.717) is 5.03 Å². The third-order valence-corrected chi connectivity index (χ3v) is 4.16. The van der Waals surface area contributed by atoms with E-state index in [1.807, 2.05) is 29.8 Å². The van der Waals surface area contributed by atoms with Crippen LogP contribution in [0.15, 0.2) is 46.5 Å². The molecular formula is C14H14N4OS. The van der Waals surface area contributed by atoms with Gasteiger partial charge in [-0.3, -0.25) is 4.57 Å². The molecule has 0 saturated carbocycles. The molecule has 6 heteroatoms. The molecule has 1 aromatic carbocycles. The molecule has 2 aromatic heterocycles. The molecule has 0 fully saturated rings. The van der Waals surface area contributed by atoms with Crippen LogP contribution in [0, 0.1) is 0 Å². The number of hydrogen-bond donors (Lipinski definition) is 0. The van der Waals surface area contributed by atoms with Gasteiger partial charge in [0.15, 0.2) is 0 Å². The quantitative estimate of drug-likeness (QED) is 0.545. The maximum atomic E-state index is 11.9. The number of benzene rings is 1. The highest BCUT2D eigenvalue weighted by Gasteiger charge is 2.13. The van der Waals surface area contributed by atoms with Gasteiger partial charge in [0.25, 0.3) is 0 Å². The lowest BCUT2D eigenvalue weighted by Crippen LogP contribution is -2.22. The molecule has 0 saturated heterocycles. The molecule has 3 rings (SSSR count). The number of aryl methyl sites for hydroxylation is 2. The second kappa shape index (κ2) is 5.13. The van der Waals surface area contributed by atoms with Gasteiger partial charge < -0.3 is 4.57 Å². The second-order valence-electron chi connectivity index (χ2n) is 4.56. The molecule has 0 radical (unpaired) electrons. The molecule has 0 atom stereocenters. The van der Waals surface area contributed by atoms with Gasteiger partial charge in [0.1, 0.15) is 16.2 Å². The summed E-state index contributed by atoms with van der Waals surface area (Å²) >= 11 is 1.54. The predicted molar refractivity (Wildman–Crippen MR) is 79.8 cm³/mol. The van der Waals surface area contributed by atoms with Gasteiger partial charge in [0, 0.05) is 19.8 Å². The van der Waals surface area contributed by atoms with Gasteiger partial charge in [-0.1, -0.05) is 42.1 Å². The molecule has 0 spiro atoms. The molecule has 5 nitrogen and oxygen atoms in total. The molecule has 0 N–H and O–H groups in total. The smallest absolute Gasteiger partial charge is 0.320 e. The topological polar surface area (TPSA) is 52.7 Å². The van der Waals surface area contributed by atoms with Crippen molar-refractivity contribution in [2.24, 2.45) is 14.1 Å². The maximum Gasteiger partial charge on any atom is 0.350 e. The summed E-state index contributed by atoms with van der Waals surface area (Å²) in [7, 11) is 3.59. The molecule has 2 heterocycles. The fourth-order valence-corrected chi connectivity index (χ4v) is 3.02. The summed E-state index contributed by atoms with van der Waals surface area (Å²) in [6, 6.07) is 10.1. The minimum Gasteiger partial charge on any atom is -0.320 e. The molecule has 0 aliphatic carbocycles. The molecule has 102 valence electrons. The van der Waals surface area contributed by atoms with Crippen molar-refractivity contribution in [1.29, 1.82) is 0 Å². The van der Waals surface area contributed by atoms with Crippen molar-refractivity contribution >= 4 is 22.9 Å². The van der Waals surface area contributed by atoms with E-state index in [1.54, 1.807) is 13.4 Å². The van der Waals surface area contributed by atoms with Gasteiger partial charge >= 0.3 is 5.69 Å². The van der Waals surface area contributed by atoms with E-state index in [4.69, 9.17) is 0 Å². The van der Waals surface area contributed by atoms with Crippen LogP contribution in [0.2, 0.25) is 0 Å². The summed E-state index contributed by atoms with van der Waals surface area (Å²) in [5, 5.41) is 0.688. The Kier molecular flexibility index (Phi) is 3.31. The van der Waals surface area contributed by atoms with Crippen LogP contribution in [0.25, 0.3) is 11.2 Å². The molecular weight excluding hydrogens is 272 g/mol. The number of rotatable bonds is 3. The second-order valence-corrected chi connectivity index (χ2v) is 5.52. The lowest BCUT2D eigenvalue weighted by Gasteiger charge is -2.06. The maximum absolute atomic E-state index is 11.9. The summed E-state index contributed by atoms with van der Waals surface area (Å²) in [4.78, 5) is 20.4. The first kappa shape index (κ1) is 12.9. The SMILES string of the molecule is Cn1cnc2c(SCc3ccccc3)nc(=O)n(C)c21. The minimum absolute atomic E-state index is 0.253. The van der Waals surface area contributed by atoms with E-state index in [1.165, 1.54) is 21.9 Å². The van der Waals surface area contributed by atoms with Gasteiger partial charge in [0.05, 0.1) is 6.33 Å². The summed E-state index contributed by atoms with van der Waals surface area (Å²) in [6.07, 6.45) is 1.71. The average molecular weight is 286 g/mol. The number of aromatic nitrogens is 4. The number of imidazole rings is 1. The lowest BCUT2D eigenvalue weighted by molar-refractivity contribution is 0.783. The normalized spacial score (nSPS) is 11.1. The number of thioether (sulfide) groups is 1. The number of hydrogen-bond acceptors (Lipinski definition) is 4. The predicted octanol–water partition coefficient (Wildman–Crippen LogP) is 1.96. The fraction of sp³-hybridized carbons (Fsp3) is 0.214. The Bertz CT molecular complexity index is 807. The average Bonchev–Trinajstić information content (AvgIpc) is 2.85. The number of fused-ring (bicyclic) bond motifs is 1. The van der Waals surface area contributed by atoms with E-state index < -0.39 is 0 Å². The summed E-state index contributed by atoms with van der Waals surface area (Å²) < 4.78 is 3.36. The van der Waals surface area contributed by atoms with Crippen molar-refractivity contribution in [2.45, 2.75) is 10.8 Å². The van der Waals surface area contributed by atoms with Gasteiger partial charge in [-0.05, 0) is 5.56 Å². The fourth-order valence-electron chi connectivity index (χ4n) is 2.10.